The first kappa shape index (κ1) is 9.05. The van der Waals surface area contributed by atoms with Gasteiger partial charge in [-0.15, -0.1) is 0 Å². The zero-order valence-corrected chi connectivity index (χ0v) is 6.22. The molecule has 1 atom stereocenters. The second-order valence-electron chi connectivity index (χ2n) is 2.40. The van der Waals surface area contributed by atoms with Crippen molar-refractivity contribution in [3.8, 4) is 0 Å². The van der Waals surface area contributed by atoms with Crippen LogP contribution < -0.4 is 5.73 Å². The van der Waals surface area contributed by atoms with Gasteiger partial charge in [-0.05, 0) is 6.92 Å². The molecule has 1 rings (SSSR count). The molecule has 0 aromatic carbocycles. The molecule has 0 aliphatic carbocycles. The molecule has 0 saturated heterocycles. The Bertz CT molecular complexity index is 266. The lowest BCUT2D eigenvalue weighted by Gasteiger charge is -1.98. The third kappa shape index (κ3) is 1.76. The van der Waals surface area contributed by atoms with Crippen LogP contribution >= 0.6 is 0 Å². The van der Waals surface area contributed by atoms with Crippen LogP contribution in [-0.2, 0) is 6.18 Å². The molecule has 0 amide bonds. The molecule has 0 aliphatic heterocycles. The Morgan fingerprint density at radius 3 is 2.42 bits per heavy atom. The van der Waals surface area contributed by atoms with Gasteiger partial charge in [0.05, 0.1) is 6.04 Å². The van der Waals surface area contributed by atoms with Crippen LogP contribution in [0.5, 0.6) is 0 Å². The Hall–Kier alpha value is -1.04. The van der Waals surface area contributed by atoms with Gasteiger partial charge >= 0.3 is 6.18 Å². The summed E-state index contributed by atoms with van der Waals surface area (Å²) in [6.07, 6.45) is -4.46. The van der Waals surface area contributed by atoms with Crippen LogP contribution in [0.1, 0.15) is 24.4 Å². The molecule has 0 fully saturated rings. The van der Waals surface area contributed by atoms with E-state index < -0.39 is 17.9 Å². The van der Waals surface area contributed by atoms with Crippen molar-refractivity contribution < 1.29 is 17.7 Å². The molecular weight excluding hydrogens is 173 g/mol. The summed E-state index contributed by atoms with van der Waals surface area (Å²) >= 11 is 0. The molecule has 1 heterocycles. The molecule has 3 nitrogen and oxygen atoms in total. The summed E-state index contributed by atoms with van der Waals surface area (Å²) in [4.78, 5) is 0. The van der Waals surface area contributed by atoms with Gasteiger partial charge in [-0.25, -0.2) is 0 Å². The van der Waals surface area contributed by atoms with Crippen LogP contribution in [0.3, 0.4) is 0 Å². The number of nitrogens with two attached hydrogens (primary N) is 1. The van der Waals surface area contributed by atoms with Crippen molar-refractivity contribution in [2.24, 2.45) is 5.73 Å². The summed E-state index contributed by atoms with van der Waals surface area (Å²) in [5, 5.41) is 2.83. The van der Waals surface area contributed by atoms with Gasteiger partial charge in [-0.3, -0.25) is 0 Å². The average Bonchev–Trinajstić information content (AvgIpc) is 2.30. The fourth-order valence-corrected chi connectivity index (χ4v) is 0.637. The summed E-state index contributed by atoms with van der Waals surface area (Å²) in [6.45, 7) is 1.51. The van der Waals surface area contributed by atoms with Gasteiger partial charge in [0.15, 0.2) is 11.5 Å². The lowest BCUT2D eigenvalue weighted by atomic mass is 10.2. The van der Waals surface area contributed by atoms with Crippen molar-refractivity contribution in [1.29, 1.82) is 0 Å². The van der Waals surface area contributed by atoms with Crippen molar-refractivity contribution >= 4 is 0 Å². The summed E-state index contributed by atoms with van der Waals surface area (Å²) in [6, 6.07) is 0.221. The normalized spacial score (nSPS) is 14.8. The Labute approximate surface area is 66.3 Å². The fourth-order valence-electron chi connectivity index (χ4n) is 0.637. The number of rotatable bonds is 1. The second-order valence-corrected chi connectivity index (χ2v) is 2.40. The minimum absolute atomic E-state index is 0.0299. The Balaban J connectivity index is 2.92. The van der Waals surface area contributed by atoms with E-state index in [1.807, 2.05) is 0 Å². The second kappa shape index (κ2) is 2.78. The molecule has 0 aliphatic rings. The maximum atomic E-state index is 11.9. The number of nitrogens with zero attached hydrogens (tertiary/aromatic N) is 1. The van der Waals surface area contributed by atoms with E-state index in [1.165, 1.54) is 6.92 Å². The van der Waals surface area contributed by atoms with Gasteiger partial charge in [-0.2, -0.15) is 13.2 Å². The van der Waals surface area contributed by atoms with Crippen LogP contribution in [0, 0.1) is 0 Å². The highest BCUT2D eigenvalue weighted by Crippen LogP contribution is 2.29. The molecule has 0 saturated carbocycles. The van der Waals surface area contributed by atoms with Gasteiger partial charge in [0.2, 0.25) is 0 Å². The zero-order valence-electron chi connectivity index (χ0n) is 6.22. The van der Waals surface area contributed by atoms with Crippen LogP contribution in [0.25, 0.3) is 0 Å². The third-order valence-corrected chi connectivity index (χ3v) is 1.27. The topological polar surface area (TPSA) is 52.0 Å². The van der Waals surface area contributed by atoms with Crippen molar-refractivity contribution in [1.82, 2.24) is 5.16 Å². The molecule has 1 aromatic rings. The average molecular weight is 180 g/mol. The van der Waals surface area contributed by atoms with Crippen molar-refractivity contribution in [3.05, 3.63) is 17.5 Å². The molecule has 1 aromatic heterocycles. The first-order valence-corrected chi connectivity index (χ1v) is 3.20. The molecule has 68 valence electrons. The van der Waals surface area contributed by atoms with E-state index in [1.54, 1.807) is 0 Å². The summed E-state index contributed by atoms with van der Waals surface area (Å²) in [7, 11) is 0. The smallest absolute Gasteiger partial charge is 0.359 e. The van der Waals surface area contributed by atoms with E-state index >= 15 is 0 Å². The molecule has 0 radical (unpaired) electrons. The first-order chi connectivity index (χ1) is 5.41. The molecule has 2 N–H and O–H groups in total. The molecule has 1 unspecified atom stereocenters. The first-order valence-electron chi connectivity index (χ1n) is 3.20. The van der Waals surface area contributed by atoms with Crippen molar-refractivity contribution in [2.75, 3.05) is 0 Å². The van der Waals surface area contributed by atoms with Crippen molar-refractivity contribution in [2.45, 2.75) is 19.1 Å². The predicted molar refractivity (Wildman–Crippen MR) is 34.1 cm³/mol. The molecule has 6 heteroatoms. The summed E-state index contributed by atoms with van der Waals surface area (Å²) < 4.78 is 40.1. The summed E-state index contributed by atoms with van der Waals surface area (Å²) in [5.41, 5.74) is 4.22. The van der Waals surface area contributed by atoms with E-state index in [4.69, 9.17) is 5.73 Å². The van der Waals surface area contributed by atoms with E-state index in [9.17, 15) is 13.2 Å². The monoisotopic (exact) mass is 180 g/mol. The number of aromatic nitrogens is 1. The number of hydrogen-bond acceptors (Lipinski definition) is 3. The van der Waals surface area contributed by atoms with Gasteiger partial charge in [0, 0.05) is 6.07 Å². The zero-order chi connectivity index (χ0) is 9.35. The quantitative estimate of drug-likeness (QED) is 0.715. The highest BCUT2D eigenvalue weighted by atomic mass is 19.4. The minimum atomic E-state index is -4.46. The van der Waals surface area contributed by atoms with Gasteiger partial charge < -0.3 is 10.3 Å². The fraction of sp³-hybridized carbons (Fsp3) is 0.500. The molecule has 12 heavy (non-hydrogen) atoms. The molecule has 0 bridgehead atoms. The number of alkyl halides is 3. The lowest BCUT2D eigenvalue weighted by molar-refractivity contribution is -0.142. The predicted octanol–water partition coefficient (Wildman–Crippen LogP) is 1.71. The van der Waals surface area contributed by atoms with E-state index in [0.717, 1.165) is 6.07 Å². The highest BCUT2D eigenvalue weighted by molar-refractivity contribution is 5.10. The van der Waals surface area contributed by atoms with Gasteiger partial charge in [-0.1, -0.05) is 5.16 Å². The molecular formula is C6H7F3N2O. The van der Waals surface area contributed by atoms with Crippen LogP contribution in [-0.4, -0.2) is 5.16 Å². The van der Waals surface area contributed by atoms with Crippen LogP contribution in [0.2, 0.25) is 0 Å². The number of hydrogen-bond donors (Lipinski definition) is 1. The third-order valence-electron chi connectivity index (χ3n) is 1.27. The van der Waals surface area contributed by atoms with Gasteiger partial charge in [0.1, 0.15) is 0 Å². The molecule has 0 spiro atoms. The maximum absolute atomic E-state index is 11.9. The van der Waals surface area contributed by atoms with E-state index in [2.05, 4.69) is 9.68 Å². The highest BCUT2D eigenvalue weighted by Gasteiger charge is 2.35. The van der Waals surface area contributed by atoms with Crippen molar-refractivity contribution in [3.63, 3.8) is 0 Å². The Morgan fingerprint density at radius 2 is 2.17 bits per heavy atom. The maximum Gasteiger partial charge on any atom is 0.436 e. The van der Waals surface area contributed by atoms with E-state index in [0.29, 0.717) is 0 Å². The standard InChI is InChI=1S/C6H7F3N2O/c1-3(10)4-2-5(11-12-4)6(7,8)9/h2-3H,10H2,1H3. The van der Waals surface area contributed by atoms with Crippen LogP contribution in [0.15, 0.2) is 10.6 Å². The Kier molecular flexibility index (Phi) is 2.10. The Morgan fingerprint density at radius 1 is 1.58 bits per heavy atom. The number of halogens is 3. The lowest BCUT2D eigenvalue weighted by Crippen LogP contribution is -2.05. The SMILES string of the molecule is CC(N)c1cc(C(F)(F)F)no1. The largest absolute Gasteiger partial charge is 0.436 e. The van der Waals surface area contributed by atoms with Gasteiger partial charge in [0.25, 0.3) is 0 Å². The van der Waals surface area contributed by atoms with E-state index in [-0.39, 0.29) is 5.76 Å². The summed E-state index contributed by atoms with van der Waals surface area (Å²) in [5.74, 6) is 0.0299. The minimum Gasteiger partial charge on any atom is -0.359 e. The van der Waals surface area contributed by atoms with Crippen LogP contribution in [0.4, 0.5) is 13.2 Å².